The van der Waals surface area contributed by atoms with E-state index < -0.39 is 0 Å². The molecule has 1 nitrogen and oxygen atoms in total. The van der Waals surface area contributed by atoms with Crippen molar-refractivity contribution >= 4 is 33.5 Å². The predicted molar refractivity (Wildman–Crippen MR) is 112 cm³/mol. The summed E-state index contributed by atoms with van der Waals surface area (Å²) in [5.41, 5.74) is 7.88. The Bertz CT molecular complexity index is 1330. The number of furan rings is 1. The Balaban J connectivity index is 1.80. The van der Waals surface area contributed by atoms with E-state index in [0.29, 0.717) is 0 Å². The first-order chi connectivity index (χ1) is 13.3. The van der Waals surface area contributed by atoms with Crippen molar-refractivity contribution in [3.05, 3.63) is 107 Å². The summed E-state index contributed by atoms with van der Waals surface area (Å²) in [6.45, 7) is 0. The molecule has 0 amide bonds. The van der Waals surface area contributed by atoms with Gasteiger partial charge >= 0.3 is 0 Å². The van der Waals surface area contributed by atoms with E-state index in [1.807, 2.05) is 18.2 Å². The van der Waals surface area contributed by atoms with Crippen LogP contribution in [0.15, 0.2) is 89.3 Å². The number of hydrogen-bond acceptors (Lipinski definition) is 1. The summed E-state index contributed by atoms with van der Waals surface area (Å²) in [5, 5.41) is 2.98. The first-order valence-corrected chi connectivity index (χ1v) is 9.48. The molecule has 1 aliphatic carbocycles. The van der Waals surface area contributed by atoms with Crippen LogP contribution in [0.25, 0.3) is 33.1 Å². The number of rotatable bonds is 1. The van der Waals surface area contributed by atoms with E-state index in [-0.39, 0.29) is 5.92 Å². The molecule has 1 aromatic heterocycles. The Labute approximate surface area is 161 Å². The average molecular weight is 367 g/mol. The molecule has 27 heavy (non-hydrogen) atoms. The van der Waals surface area contributed by atoms with Gasteiger partial charge in [0, 0.05) is 32.8 Å². The maximum atomic E-state index is 6.84. The lowest BCUT2D eigenvalue weighted by molar-refractivity contribution is 0.662. The number of halogens is 1. The van der Waals surface area contributed by atoms with E-state index in [2.05, 4.69) is 66.7 Å². The summed E-state index contributed by atoms with van der Waals surface area (Å²) >= 11 is 6.84. The molecule has 0 saturated heterocycles. The van der Waals surface area contributed by atoms with Gasteiger partial charge in [0.1, 0.15) is 11.2 Å². The molecular formula is C25H15ClO. The highest BCUT2D eigenvalue weighted by Crippen LogP contribution is 2.54. The Kier molecular flexibility index (Phi) is 3.06. The van der Waals surface area contributed by atoms with Gasteiger partial charge in [-0.15, -0.1) is 0 Å². The molecule has 0 N–H and O–H groups in total. The summed E-state index contributed by atoms with van der Waals surface area (Å²) < 4.78 is 6.37. The van der Waals surface area contributed by atoms with E-state index in [1.165, 1.54) is 22.3 Å². The van der Waals surface area contributed by atoms with Gasteiger partial charge in [-0.1, -0.05) is 84.4 Å². The van der Waals surface area contributed by atoms with Gasteiger partial charge in [-0.2, -0.15) is 0 Å². The fourth-order valence-corrected chi connectivity index (χ4v) is 4.84. The minimum absolute atomic E-state index is 0.124. The first kappa shape index (κ1) is 15.1. The third-order valence-electron chi connectivity index (χ3n) is 5.62. The van der Waals surface area contributed by atoms with Crippen LogP contribution in [-0.4, -0.2) is 0 Å². The van der Waals surface area contributed by atoms with Crippen LogP contribution < -0.4 is 0 Å². The normalized spacial score (nSPS) is 15.2. The Morgan fingerprint density at radius 1 is 0.741 bits per heavy atom. The topological polar surface area (TPSA) is 13.1 Å². The summed E-state index contributed by atoms with van der Waals surface area (Å²) in [6.07, 6.45) is 0. The lowest BCUT2D eigenvalue weighted by Crippen LogP contribution is -1.99. The highest BCUT2D eigenvalue weighted by Gasteiger charge is 2.35. The second-order valence-corrected chi connectivity index (χ2v) is 7.46. The molecule has 1 unspecified atom stereocenters. The van der Waals surface area contributed by atoms with Crippen molar-refractivity contribution in [2.45, 2.75) is 5.92 Å². The zero-order valence-electron chi connectivity index (χ0n) is 14.4. The molecule has 1 heterocycles. The zero-order valence-corrected chi connectivity index (χ0v) is 15.2. The van der Waals surface area contributed by atoms with Gasteiger partial charge in [-0.3, -0.25) is 0 Å². The maximum Gasteiger partial charge on any atom is 0.140 e. The van der Waals surface area contributed by atoms with E-state index in [9.17, 15) is 0 Å². The van der Waals surface area contributed by atoms with Gasteiger partial charge < -0.3 is 4.42 Å². The minimum atomic E-state index is 0.124. The third kappa shape index (κ3) is 2.01. The van der Waals surface area contributed by atoms with E-state index in [1.54, 1.807) is 0 Å². The number of para-hydroxylation sites is 1. The van der Waals surface area contributed by atoms with Crippen LogP contribution in [0.1, 0.15) is 22.6 Å². The highest BCUT2D eigenvalue weighted by molar-refractivity contribution is 6.35. The van der Waals surface area contributed by atoms with E-state index >= 15 is 0 Å². The molecule has 0 fully saturated rings. The van der Waals surface area contributed by atoms with Crippen LogP contribution in [0.3, 0.4) is 0 Å². The number of benzene rings is 4. The van der Waals surface area contributed by atoms with Crippen molar-refractivity contribution in [1.29, 1.82) is 0 Å². The molecule has 128 valence electrons. The van der Waals surface area contributed by atoms with Crippen molar-refractivity contribution in [3.8, 4) is 11.1 Å². The molecule has 2 heteroatoms. The van der Waals surface area contributed by atoms with E-state index in [4.69, 9.17) is 16.0 Å². The van der Waals surface area contributed by atoms with Gasteiger partial charge in [0.2, 0.25) is 0 Å². The highest BCUT2D eigenvalue weighted by atomic mass is 35.5. The molecule has 1 atom stereocenters. The third-order valence-corrected chi connectivity index (χ3v) is 5.92. The Morgan fingerprint density at radius 3 is 2.37 bits per heavy atom. The van der Waals surface area contributed by atoms with Crippen LogP contribution in [0, 0.1) is 0 Å². The molecule has 5 aromatic rings. The summed E-state index contributed by atoms with van der Waals surface area (Å²) in [4.78, 5) is 0. The lowest BCUT2D eigenvalue weighted by Gasteiger charge is -2.14. The van der Waals surface area contributed by atoms with Crippen LogP contribution in [0.4, 0.5) is 0 Å². The van der Waals surface area contributed by atoms with Crippen molar-refractivity contribution in [2.75, 3.05) is 0 Å². The molecular weight excluding hydrogens is 352 g/mol. The molecule has 1 aliphatic rings. The zero-order chi connectivity index (χ0) is 18.0. The largest absolute Gasteiger partial charge is 0.456 e. The summed E-state index contributed by atoms with van der Waals surface area (Å²) in [5.74, 6) is 0.124. The minimum Gasteiger partial charge on any atom is -0.456 e. The molecule has 0 spiro atoms. The smallest absolute Gasteiger partial charge is 0.140 e. The van der Waals surface area contributed by atoms with Crippen LogP contribution in [0.2, 0.25) is 5.02 Å². The maximum absolute atomic E-state index is 6.84. The molecule has 0 saturated carbocycles. The average Bonchev–Trinajstić information content (AvgIpc) is 3.25. The molecule has 0 radical (unpaired) electrons. The standard InChI is InChI=1S/C25H15ClO/c26-20-14-19-16-10-6-7-13-21(16)27-25(19)24-22(15-8-2-1-3-9-15)17-11-4-5-12-18(17)23(20)24/h1-14,22H. The van der Waals surface area contributed by atoms with Gasteiger partial charge in [0.25, 0.3) is 0 Å². The fraction of sp³-hybridized carbons (Fsp3) is 0.0400. The predicted octanol–water partition coefficient (Wildman–Crippen LogP) is 7.40. The van der Waals surface area contributed by atoms with Crippen LogP contribution >= 0.6 is 11.6 Å². The summed E-state index contributed by atoms with van der Waals surface area (Å²) in [7, 11) is 0. The van der Waals surface area contributed by atoms with Crippen LogP contribution in [0.5, 0.6) is 0 Å². The molecule has 0 bridgehead atoms. The lowest BCUT2D eigenvalue weighted by atomic mass is 9.88. The second kappa shape index (κ2) is 5.48. The first-order valence-electron chi connectivity index (χ1n) is 9.11. The van der Waals surface area contributed by atoms with E-state index in [0.717, 1.165) is 32.5 Å². The van der Waals surface area contributed by atoms with Gasteiger partial charge in [0.15, 0.2) is 0 Å². The SMILES string of the molecule is Clc1cc2c(oc3ccccc32)c2c1-c1ccccc1C2c1ccccc1. The van der Waals surface area contributed by atoms with Crippen molar-refractivity contribution in [2.24, 2.45) is 0 Å². The van der Waals surface area contributed by atoms with Crippen molar-refractivity contribution < 1.29 is 4.42 Å². The van der Waals surface area contributed by atoms with Crippen molar-refractivity contribution in [1.82, 2.24) is 0 Å². The second-order valence-electron chi connectivity index (χ2n) is 7.05. The van der Waals surface area contributed by atoms with Gasteiger partial charge in [-0.25, -0.2) is 0 Å². The van der Waals surface area contributed by atoms with Gasteiger partial charge in [0.05, 0.1) is 0 Å². The number of fused-ring (bicyclic) bond motifs is 7. The van der Waals surface area contributed by atoms with Crippen LogP contribution in [-0.2, 0) is 0 Å². The Hall–Kier alpha value is -3.03. The quantitative estimate of drug-likeness (QED) is 0.295. The van der Waals surface area contributed by atoms with Gasteiger partial charge in [-0.05, 0) is 28.8 Å². The fourth-order valence-electron chi connectivity index (χ4n) is 4.52. The molecule has 6 rings (SSSR count). The Morgan fingerprint density at radius 2 is 1.48 bits per heavy atom. The summed E-state index contributed by atoms with van der Waals surface area (Å²) in [6, 6.07) is 29.4. The van der Waals surface area contributed by atoms with Crippen molar-refractivity contribution in [3.63, 3.8) is 0 Å². The number of hydrogen-bond donors (Lipinski definition) is 0. The molecule has 4 aromatic carbocycles. The molecule has 0 aliphatic heterocycles. The monoisotopic (exact) mass is 366 g/mol.